The molecule has 0 aliphatic heterocycles. The highest BCUT2D eigenvalue weighted by molar-refractivity contribution is 6.13. The maximum absolute atomic E-state index is 12.8. The number of hydrogen-bond acceptors (Lipinski definition) is 4. The van der Waals surface area contributed by atoms with Crippen LogP contribution in [-0.4, -0.2) is 37.7 Å². The van der Waals surface area contributed by atoms with Crippen molar-refractivity contribution in [2.45, 2.75) is 85.5 Å². The first kappa shape index (κ1) is 28.6. The smallest absolute Gasteiger partial charge is 0.170 e. The highest BCUT2D eigenvalue weighted by Crippen LogP contribution is 2.20. The molecule has 0 saturated heterocycles. The monoisotopic (exact) mass is 478 g/mol. The van der Waals surface area contributed by atoms with Gasteiger partial charge in [-0.05, 0) is 74.2 Å². The van der Waals surface area contributed by atoms with Crippen molar-refractivity contribution >= 4 is 22.9 Å². The summed E-state index contributed by atoms with van der Waals surface area (Å²) < 4.78 is 0. The lowest BCUT2D eigenvalue weighted by molar-refractivity contribution is 0.0894. The van der Waals surface area contributed by atoms with Gasteiger partial charge in [-0.25, -0.2) is 0 Å². The molecule has 2 aromatic carbocycles. The van der Waals surface area contributed by atoms with Crippen molar-refractivity contribution in [3.05, 3.63) is 59.7 Å². The van der Waals surface area contributed by atoms with E-state index >= 15 is 0 Å². The van der Waals surface area contributed by atoms with Crippen molar-refractivity contribution in [3.8, 4) is 0 Å². The fraction of sp³-hybridized carbons (Fsp3) is 0.548. The second kappa shape index (κ2) is 16.1. The zero-order valence-corrected chi connectivity index (χ0v) is 22.5. The van der Waals surface area contributed by atoms with Crippen molar-refractivity contribution in [2.75, 3.05) is 36.0 Å². The molecule has 4 heteroatoms. The number of rotatable bonds is 18. The van der Waals surface area contributed by atoms with E-state index in [9.17, 15) is 9.59 Å². The van der Waals surface area contributed by atoms with E-state index in [2.05, 4.69) is 37.5 Å². The molecule has 0 atom stereocenters. The van der Waals surface area contributed by atoms with Crippen LogP contribution in [0.25, 0.3) is 0 Å². The number of Topliss-reactive ketones (excluding diaryl/α,β-unsaturated/α-hetero) is 2. The van der Waals surface area contributed by atoms with E-state index in [-0.39, 0.29) is 18.0 Å². The van der Waals surface area contributed by atoms with Gasteiger partial charge < -0.3 is 9.80 Å². The first-order valence-electron chi connectivity index (χ1n) is 13.8. The van der Waals surface area contributed by atoms with Gasteiger partial charge in [0.05, 0.1) is 6.42 Å². The van der Waals surface area contributed by atoms with Gasteiger partial charge in [0.2, 0.25) is 0 Å². The molecule has 0 saturated carbocycles. The summed E-state index contributed by atoms with van der Waals surface area (Å²) in [4.78, 5) is 30.4. The number of anilines is 2. The molecule has 0 unspecified atom stereocenters. The second-order valence-electron chi connectivity index (χ2n) is 9.51. The summed E-state index contributed by atoms with van der Waals surface area (Å²) in [5.74, 6) is -0.237. The highest BCUT2D eigenvalue weighted by atomic mass is 16.1. The van der Waals surface area contributed by atoms with Crippen LogP contribution in [0.3, 0.4) is 0 Å². The van der Waals surface area contributed by atoms with Gasteiger partial charge in [-0.1, -0.05) is 53.4 Å². The van der Waals surface area contributed by atoms with E-state index in [1.165, 1.54) is 0 Å². The zero-order chi connectivity index (χ0) is 25.5. The number of hydrogen-bond donors (Lipinski definition) is 0. The molecule has 0 bridgehead atoms. The molecule has 0 aliphatic carbocycles. The van der Waals surface area contributed by atoms with Gasteiger partial charge in [0, 0.05) is 48.7 Å². The predicted octanol–water partition coefficient (Wildman–Crippen LogP) is 7.96. The summed E-state index contributed by atoms with van der Waals surface area (Å²) in [6.45, 7) is 13.0. The molecule has 0 heterocycles. The van der Waals surface area contributed by atoms with Gasteiger partial charge in [-0.2, -0.15) is 0 Å². The first-order chi connectivity index (χ1) is 17.0. The maximum atomic E-state index is 12.8. The third-order valence-corrected chi connectivity index (χ3v) is 6.56. The Balaban J connectivity index is 2.01. The van der Waals surface area contributed by atoms with Gasteiger partial charge in [-0.15, -0.1) is 0 Å². The molecule has 192 valence electrons. The lowest BCUT2D eigenvalue weighted by Crippen LogP contribution is -2.25. The Kier molecular flexibility index (Phi) is 13.2. The maximum Gasteiger partial charge on any atom is 0.170 e. The molecule has 0 amide bonds. The number of ketones is 2. The molecule has 0 radical (unpaired) electrons. The third-order valence-electron chi connectivity index (χ3n) is 6.56. The van der Waals surface area contributed by atoms with Crippen LogP contribution in [0.5, 0.6) is 0 Å². The average molecular weight is 479 g/mol. The molecule has 4 nitrogen and oxygen atoms in total. The minimum Gasteiger partial charge on any atom is -0.372 e. The van der Waals surface area contributed by atoms with Crippen molar-refractivity contribution in [1.82, 2.24) is 0 Å². The summed E-state index contributed by atoms with van der Waals surface area (Å²) in [6.07, 6.45) is 9.20. The topological polar surface area (TPSA) is 40.6 Å². The van der Waals surface area contributed by atoms with E-state index in [4.69, 9.17) is 0 Å². The van der Waals surface area contributed by atoms with Crippen LogP contribution in [-0.2, 0) is 0 Å². The SMILES string of the molecule is CCCCN(CCCC)c1ccc(C(=O)CC(=O)c2ccc(N(CCCC)CCCC)cc2)cc1. The van der Waals surface area contributed by atoms with Gasteiger partial charge in [0.25, 0.3) is 0 Å². The normalized spacial score (nSPS) is 10.9. The Morgan fingerprint density at radius 2 is 0.800 bits per heavy atom. The molecule has 2 aromatic rings. The largest absolute Gasteiger partial charge is 0.372 e. The third kappa shape index (κ3) is 9.51. The summed E-state index contributed by atoms with van der Waals surface area (Å²) in [7, 11) is 0. The average Bonchev–Trinajstić information content (AvgIpc) is 2.89. The van der Waals surface area contributed by atoms with Crippen LogP contribution in [0.4, 0.5) is 11.4 Å². The van der Waals surface area contributed by atoms with E-state index in [0.29, 0.717) is 11.1 Å². The summed E-state index contributed by atoms with van der Waals surface area (Å²) in [6, 6.07) is 15.6. The van der Waals surface area contributed by atoms with Crippen molar-refractivity contribution < 1.29 is 9.59 Å². The fourth-order valence-corrected chi connectivity index (χ4v) is 4.20. The number of benzene rings is 2. The molecule has 0 fully saturated rings. The number of nitrogens with zero attached hydrogens (tertiary/aromatic N) is 2. The van der Waals surface area contributed by atoms with Gasteiger partial charge in [0.1, 0.15) is 0 Å². The minimum absolute atomic E-state index is 0.0938. The van der Waals surface area contributed by atoms with Crippen molar-refractivity contribution in [1.29, 1.82) is 0 Å². The number of carbonyl (C=O) groups is 2. The molecule has 0 aromatic heterocycles. The highest BCUT2D eigenvalue weighted by Gasteiger charge is 2.15. The van der Waals surface area contributed by atoms with Crippen LogP contribution in [0.15, 0.2) is 48.5 Å². The van der Waals surface area contributed by atoms with E-state index in [0.717, 1.165) is 88.9 Å². The molecular weight excluding hydrogens is 432 g/mol. The number of unbranched alkanes of at least 4 members (excludes halogenated alkanes) is 4. The van der Waals surface area contributed by atoms with Crippen LogP contribution in [0.1, 0.15) is 106 Å². The van der Waals surface area contributed by atoms with Crippen LogP contribution in [0.2, 0.25) is 0 Å². The zero-order valence-electron chi connectivity index (χ0n) is 22.5. The van der Waals surface area contributed by atoms with Crippen molar-refractivity contribution in [3.63, 3.8) is 0 Å². The molecule has 0 aliphatic rings. The lowest BCUT2D eigenvalue weighted by Gasteiger charge is -2.25. The van der Waals surface area contributed by atoms with E-state index < -0.39 is 0 Å². The van der Waals surface area contributed by atoms with E-state index in [1.54, 1.807) is 0 Å². The van der Waals surface area contributed by atoms with Gasteiger partial charge in [-0.3, -0.25) is 9.59 Å². The Morgan fingerprint density at radius 3 is 1.06 bits per heavy atom. The molecule has 35 heavy (non-hydrogen) atoms. The second-order valence-corrected chi connectivity index (χ2v) is 9.51. The summed E-state index contributed by atoms with van der Waals surface area (Å²) in [5, 5.41) is 0. The predicted molar refractivity (Wildman–Crippen MR) is 150 cm³/mol. The van der Waals surface area contributed by atoms with Gasteiger partial charge >= 0.3 is 0 Å². The fourth-order valence-electron chi connectivity index (χ4n) is 4.20. The Labute approximate surface area is 213 Å². The standard InChI is InChI=1S/C31H46N2O2/c1-5-9-21-32(22-10-6-2)28-17-13-26(14-18-28)30(34)25-31(35)27-15-19-29(20-16-27)33(23-11-7-3)24-12-8-4/h13-20H,5-12,21-25H2,1-4H3. The first-order valence-corrected chi connectivity index (χ1v) is 13.8. The quantitative estimate of drug-likeness (QED) is 0.161. The Bertz CT molecular complexity index is 784. The Morgan fingerprint density at radius 1 is 0.514 bits per heavy atom. The van der Waals surface area contributed by atoms with Crippen LogP contribution in [0, 0.1) is 0 Å². The van der Waals surface area contributed by atoms with Crippen LogP contribution < -0.4 is 9.80 Å². The molecule has 0 N–H and O–H groups in total. The summed E-state index contributed by atoms with van der Waals surface area (Å²) >= 11 is 0. The lowest BCUT2D eigenvalue weighted by atomic mass is 10.0. The minimum atomic E-state index is -0.119. The van der Waals surface area contributed by atoms with E-state index in [1.807, 2.05) is 48.5 Å². The number of carbonyl (C=O) groups excluding carboxylic acids is 2. The van der Waals surface area contributed by atoms with Gasteiger partial charge in [0.15, 0.2) is 11.6 Å². The van der Waals surface area contributed by atoms with Crippen molar-refractivity contribution in [2.24, 2.45) is 0 Å². The molecule has 2 rings (SSSR count). The molecule has 0 spiro atoms. The molecular formula is C31H46N2O2. The van der Waals surface area contributed by atoms with Crippen LogP contribution >= 0.6 is 0 Å². The Hall–Kier alpha value is -2.62. The summed E-state index contributed by atoms with van der Waals surface area (Å²) in [5.41, 5.74) is 3.52.